The van der Waals surface area contributed by atoms with E-state index in [1.807, 2.05) is 54.6 Å². The number of halogens is 2. The fourth-order valence-corrected chi connectivity index (χ4v) is 6.85. The molecule has 218 valence electrons. The SMILES string of the molecule is CS(=O)(=O)N(CC(=O)N(Cc1cccc(Br)c1)C(Cc1ccccc1)C(=O)NC1CCCCC1)c1cccc(Br)c1. The molecule has 0 radical (unpaired) electrons. The van der Waals surface area contributed by atoms with E-state index in [1.165, 1.54) is 4.90 Å². The van der Waals surface area contributed by atoms with Crippen molar-refractivity contribution in [3.8, 4) is 0 Å². The van der Waals surface area contributed by atoms with Gasteiger partial charge in [-0.3, -0.25) is 13.9 Å². The lowest BCUT2D eigenvalue weighted by atomic mass is 9.94. The molecular formula is C31H35Br2N3O4S. The Morgan fingerprint density at radius 2 is 1.51 bits per heavy atom. The van der Waals surface area contributed by atoms with Crippen LogP contribution in [0.15, 0.2) is 87.8 Å². The molecule has 1 aliphatic rings. The van der Waals surface area contributed by atoms with Crippen LogP contribution in [0.25, 0.3) is 0 Å². The van der Waals surface area contributed by atoms with Crippen molar-refractivity contribution in [2.75, 3.05) is 17.1 Å². The molecule has 1 fully saturated rings. The van der Waals surface area contributed by atoms with Crippen LogP contribution in [-0.2, 0) is 32.6 Å². The third-order valence-electron chi connectivity index (χ3n) is 7.24. The number of nitrogens with zero attached hydrogens (tertiary/aromatic N) is 2. The minimum Gasteiger partial charge on any atom is -0.352 e. The van der Waals surface area contributed by atoms with Crippen LogP contribution < -0.4 is 9.62 Å². The third-order valence-corrected chi connectivity index (χ3v) is 9.37. The molecule has 2 amide bonds. The predicted molar refractivity (Wildman–Crippen MR) is 170 cm³/mol. The summed E-state index contributed by atoms with van der Waals surface area (Å²) in [4.78, 5) is 29.7. The highest BCUT2D eigenvalue weighted by Crippen LogP contribution is 2.24. The molecular weight excluding hydrogens is 670 g/mol. The van der Waals surface area contributed by atoms with Crippen molar-refractivity contribution in [2.45, 2.75) is 57.2 Å². The molecule has 0 aliphatic heterocycles. The summed E-state index contributed by atoms with van der Waals surface area (Å²) in [6, 6.07) is 23.2. The number of benzene rings is 3. The Bertz CT molecular complexity index is 1450. The van der Waals surface area contributed by atoms with E-state index < -0.39 is 28.5 Å². The van der Waals surface area contributed by atoms with Gasteiger partial charge in [-0.2, -0.15) is 0 Å². The van der Waals surface area contributed by atoms with Gasteiger partial charge < -0.3 is 10.2 Å². The van der Waals surface area contributed by atoms with Crippen molar-refractivity contribution < 1.29 is 18.0 Å². The zero-order valence-electron chi connectivity index (χ0n) is 23.0. The smallest absolute Gasteiger partial charge is 0.244 e. The summed E-state index contributed by atoms with van der Waals surface area (Å²) in [5.74, 6) is -0.687. The van der Waals surface area contributed by atoms with E-state index in [4.69, 9.17) is 0 Å². The lowest BCUT2D eigenvalue weighted by molar-refractivity contribution is -0.140. The molecule has 3 aromatic carbocycles. The third kappa shape index (κ3) is 9.15. The van der Waals surface area contributed by atoms with Gasteiger partial charge in [0, 0.05) is 28.0 Å². The first kappa shape index (κ1) is 31.3. The number of sulfonamides is 1. The fourth-order valence-electron chi connectivity index (χ4n) is 5.18. The van der Waals surface area contributed by atoms with Crippen LogP contribution in [0.3, 0.4) is 0 Å². The van der Waals surface area contributed by atoms with Crippen LogP contribution in [0, 0.1) is 0 Å². The molecule has 0 bridgehead atoms. The second-order valence-corrected chi connectivity index (χ2v) is 14.2. The van der Waals surface area contributed by atoms with Crippen molar-refractivity contribution in [2.24, 2.45) is 0 Å². The maximum atomic E-state index is 14.2. The topological polar surface area (TPSA) is 86.8 Å². The maximum absolute atomic E-state index is 14.2. The first-order valence-corrected chi connectivity index (χ1v) is 17.1. The molecule has 1 N–H and O–H groups in total. The van der Waals surface area contributed by atoms with Gasteiger partial charge in [0.1, 0.15) is 12.6 Å². The summed E-state index contributed by atoms with van der Waals surface area (Å²) in [5.41, 5.74) is 2.10. The van der Waals surface area contributed by atoms with Gasteiger partial charge in [0.05, 0.1) is 11.9 Å². The number of carbonyl (C=O) groups excluding carboxylic acids is 2. The highest BCUT2D eigenvalue weighted by Gasteiger charge is 2.34. The van der Waals surface area contributed by atoms with Gasteiger partial charge in [0.15, 0.2) is 0 Å². The monoisotopic (exact) mass is 703 g/mol. The van der Waals surface area contributed by atoms with E-state index in [0.29, 0.717) is 16.6 Å². The number of nitrogens with one attached hydrogen (secondary N) is 1. The summed E-state index contributed by atoms with van der Waals surface area (Å²) >= 11 is 6.90. The molecule has 10 heteroatoms. The highest BCUT2D eigenvalue weighted by molar-refractivity contribution is 9.10. The average molecular weight is 706 g/mol. The Kier molecular flexibility index (Phi) is 11.0. The van der Waals surface area contributed by atoms with Crippen LogP contribution in [0.4, 0.5) is 5.69 Å². The predicted octanol–water partition coefficient (Wildman–Crippen LogP) is 6.07. The summed E-state index contributed by atoms with van der Waals surface area (Å²) in [5, 5.41) is 3.21. The lowest BCUT2D eigenvalue weighted by Gasteiger charge is -2.35. The lowest BCUT2D eigenvalue weighted by Crippen LogP contribution is -2.55. The van der Waals surface area contributed by atoms with Gasteiger partial charge in [0.2, 0.25) is 21.8 Å². The Morgan fingerprint density at radius 1 is 0.878 bits per heavy atom. The molecule has 41 heavy (non-hydrogen) atoms. The van der Waals surface area contributed by atoms with Crippen molar-refractivity contribution >= 4 is 59.4 Å². The molecule has 0 spiro atoms. The van der Waals surface area contributed by atoms with E-state index in [0.717, 1.165) is 58.3 Å². The minimum atomic E-state index is -3.81. The Morgan fingerprint density at radius 3 is 2.15 bits per heavy atom. The van der Waals surface area contributed by atoms with Crippen LogP contribution in [0.5, 0.6) is 0 Å². The van der Waals surface area contributed by atoms with E-state index in [1.54, 1.807) is 24.3 Å². The fraction of sp³-hybridized carbons (Fsp3) is 0.355. The Labute approximate surface area is 259 Å². The molecule has 1 atom stereocenters. The number of amides is 2. The van der Waals surface area contributed by atoms with Gasteiger partial charge in [-0.25, -0.2) is 8.42 Å². The summed E-state index contributed by atoms with van der Waals surface area (Å²) in [7, 11) is -3.81. The molecule has 1 saturated carbocycles. The van der Waals surface area contributed by atoms with Gasteiger partial charge >= 0.3 is 0 Å². The maximum Gasteiger partial charge on any atom is 0.244 e. The average Bonchev–Trinajstić information content (AvgIpc) is 2.94. The number of carbonyl (C=O) groups is 2. The molecule has 3 aromatic rings. The van der Waals surface area contributed by atoms with E-state index in [2.05, 4.69) is 37.2 Å². The normalized spacial score (nSPS) is 14.7. The molecule has 1 aliphatic carbocycles. The first-order valence-electron chi connectivity index (χ1n) is 13.7. The molecule has 4 rings (SSSR count). The number of hydrogen-bond donors (Lipinski definition) is 1. The van der Waals surface area contributed by atoms with Crippen LogP contribution in [0.2, 0.25) is 0 Å². The second kappa shape index (κ2) is 14.5. The number of rotatable bonds is 11. The van der Waals surface area contributed by atoms with Gasteiger partial charge in [-0.1, -0.05) is 99.7 Å². The van der Waals surface area contributed by atoms with Crippen molar-refractivity contribution in [3.05, 3.63) is 98.9 Å². The first-order chi connectivity index (χ1) is 19.6. The molecule has 0 saturated heterocycles. The van der Waals surface area contributed by atoms with Crippen molar-refractivity contribution in [1.82, 2.24) is 10.2 Å². The standard InChI is InChI=1S/C31H35Br2N3O4S/c1-41(39,40)36(28-17-9-14-26(33)20-28)22-30(37)35(21-24-12-8-13-25(32)18-24)29(19-23-10-4-2-5-11-23)31(38)34-27-15-6-3-7-16-27/h2,4-5,8-14,17-18,20,27,29H,3,6-7,15-16,19,21-22H2,1H3,(H,34,38). The molecule has 1 unspecified atom stereocenters. The van der Waals surface area contributed by atoms with Crippen LogP contribution >= 0.6 is 31.9 Å². The van der Waals surface area contributed by atoms with Gasteiger partial charge in [0.25, 0.3) is 0 Å². The molecule has 7 nitrogen and oxygen atoms in total. The number of anilines is 1. The summed E-state index contributed by atoms with van der Waals surface area (Å²) < 4.78 is 28.5. The largest absolute Gasteiger partial charge is 0.352 e. The van der Waals surface area contributed by atoms with E-state index >= 15 is 0 Å². The highest BCUT2D eigenvalue weighted by atomic mass is 79.9. The van der Waals surface area contributed by atoms with E-state index in [9.17, 15) is 18.0 Å². The van der Waals surface area contributed by atoms with Gasteiger partial charge in [-0.15, -0.1) is 0 Å². The zero-order valence-corrected chi connectivity index (χ0v) is 27.0. The van der Waals surface area contributed by atoms with Crippen LogP contribution in [0.1, 0.15) is 43.2 Å². The Hall–Kier alpha value is -2.69. The van der Waals surface area contributed by atoms with Crippen molar-refractivity contribution in [3.63, 3.8) is 0 Å². The van der Waals surface area contributed by atoms with Gasteiger partial charge in [-0.05, 0) is 54.3 Å². The number of hydrogen-bond acceptors (Lipinski definition) is 4. The summed E-state index contributed by atoms with van der Waals surface area (Å²) in [6.07, 6.45) is 6.48. The minimum absolute atomic E-state index is 0.0616. The van der Waals surface area contributed by atoms with E-state index in [-0.39, 0.29) is 18.5 Å². The Balaban J connectivity index is 1.72. The van der Waals surface area contributed by atoms with Crippen molar-refractivity contribution in [1.29, 1.82) is 0 Å². The summed E-state index contributed by atoms with van der Waals surface area (Å²) in [6.45, 7) is -0.296. The second-order valence-electron chi connectivity index (χ2n) is 10.5. The quantitative estimate of drug-likeness (QED) is 0.263. The molecule has 0 aromatic heterocycles. The van der Waals surface area contributed by atoms with Crippen LogP contribution in [-0.4, -0.2) is 50.0 Å². The molecule has 0 heterocycles. The zero-order chi connectivity index (χ0) is 29.4.